The maximum Gasteiger partial charge on any atom is 0.178 e. The number of anilines is 1. The molecule has 1 aromatic carbocycles. The van der Waals surface area contributed by atoms with Crippen molar-refractivity contribution in [1.29, 1.82) is 0 Å². The smallest absolute Gasteiger partial charge is 0.178 e. The zero-order valence-electron chi connectivity index (χ0n) is 17.6. The average molecular weight is 403 g/mol. The lowest BCUT2D eigenvalue weighted by atomic mass is 10.0. The van der Waals surface area contributed by atoms with E-state index in [0.717, 1.165) is 40.9 Å². The van der Waals surface area contributed by atoms with Gasteiger partial charge in [0.25, 0.3) is 0 Å². The van der Waals surface area contributed by atoms with Gasteiger partial charge >= 0.3 is 0 Å². The van der Waals surface area contributed by atoms with Crippen LogP contribution in [-0.2, 0) is 7.05 Å². The average Bonchev–Trinajstić information content (AvgIpc) is 3.10. The first-order valence-electron chi connectivity index (χ1n) is 10.2. The summed E-state index contributed by atoms with van der Waals surface area (Å²) in [6.07, 6.45) is 3.73. The van der Waals surface area contributed by atoms with Crippen molar-refractivity contribution in [2.75, 3.05) is 18.0 Å². The minimum absolute atomic E-state index is 0.196. The molecule has 3 aromatic heterocycles. The van der Waals surface area contributed by atoms with E-state index in [4.69, 9.17) is 4.98 Å². The third-order valence-electron chi connectivity index (χ3n) is 5.67. The topological polar surface area (TPSA) is 92.0 Å². The van der Waals surface area contributed by atoms with E-state index < -0.39 is 0 Å². The van der Waals surface area contributed by atoms with Crippen LogP contribution in [0.4, 0.5) is 5.82 Å². The van der Waals surface area contributed by atoms with Gasteiger partial charge < -0.3 is 15.3 Å². The van der Waals surface area contributed by atoms with Crippen LogP contribution in [0.3, 0.4) is 0 Å². The van der Waals surface area contributed by atoms with Crippen LogP contribution in [0.25, 0.3) is 33.3 Å². The van der Waals surface area contributed by atoms with E-state index in [1.54, 1.807) is 10.9 Å². The molecule has 0 aliphatic carbocycles. The molecule has 0 saturated carbocycles. The third kappa shape index (κ3) is 3.13. The molecule has 1 aliphatic heterocycles. The maximum absolute atomic E-state index is 10.8. The fourth-order valence-corrected chi connectivity index (χ4v) is 4.35. The number of aryl methyl sites for hydroxylation is 2. The molecule has 8 nitrogen and oxygen atoms in total. The Labute approximate surface area is 174 Å². The highest BCUT2D eigenvalue weighted by Gasteiger charge is 2.22. The van der Waals surface area contributed by atoms with Crippen molar-refractivity contribution in [2.45, 2.75) is 32.9 Å². The molecule has 5 rings (SSSR count). The van der Waals surface area contributed by atoms with Gasteiger partial charge in [-0.15, -0.1) is 0 Å². The Kier molecular flexibility index (Phi) is 4.32. The van der Waals surface area contributed by atoms with Gasteiger partial charge in [-0.05, 0) is 39.0 Å². The van der Waals surface area contributed by atoms with Crippen LogP contribution in [0.15, 0.2) is 30.6 Å². The van der Waals surface area contributed by atoms with E-state index in [0.29, 0.717) is 29.0 Å². The van der Waals surface area contributed by atoms with Gasteiger partial charge in [-0.25, -0.2) is 15.0 Å². The molecule has 30 heavy (non-hydrogen) atoms. The molecule has 0 bridgehead atoms. The monoisotopic (exact) mass is 403 g/mol. The summed E-state index contributed by atoms with van der Waals surface area (Å²) in [4.78, 5) is 16.3. The molecule has 0 radical (unpaired) electrons. The van der Waals surface area contributed by atoms with Crippen molar-refractivity contribution in [3.8, 4) is 17.0 Å². The molecule has 0 spiro atoms. The number of nitrogens with zero attached hydrogens (tertiary/aromatic N) is 6. The third-order valence-corrected chi connectivity index (χ3v) is 5.67. The van der Waals surface area contributed by atoms with Crippen LogP contribution in [0.5, 0.6) is 5.75 Å². The molecule has 154 valence electrons. The number of hydrogen-bond acceptors (Lipinski definition) is 7. The first-order chi connectivity index (χ1) is 14.4. The summed E-state index contributed by atoms with van der Waals surface area (Å²) in [6.45, 7) is 8.02. The number of fused-ring (bicyclic) bond motifs is 2. The summed E-state index contributed by atoms with van der Waals surface area (Å²) >= 11 is 0. The Bertz CT molecular complexity index is 1260. The van der Waals surface area contributed by atoms with E-state index in [-0.39, 0.29) is 5.75 Å². The predicted octanol–water partition coefficient (Wildman–Crippen LogP) is 2.78. The van der Waals surface area contributed by atoms with E-state index in [2.05, 4.69) is 39.1 Å². The lowest BCUT2D eigenvalue weighted by Gasteiger charge is -2.36. The summed E-state index contributed by atoms with van der Waals surface area (Å²) in [7, 11) is 1.87. The number of phenolic OH excluding ortho intramolecular Hbond substituents is 1. The molecule has 4 aromatic rings. The molecule has 0 amide bonds. The van der Waals surface area contributed by atoms with E-state index in [1.165, 1.54) is 0 Å². The number of nitrogens with one attached hydrogen (secondary N) is 1. The number of pyridine rings is 1. The van der Waals surface area contributed by atoms with Crippen molar-refractivity contribution in [3.05, 3.63) is 36.2 Å². The molecule has 4 heterocycles. The minimum Gasteiger partial charge on any atom is -0.507 e. The highest BCUT2D eigenvalue weighted by atomic mass is 16.3. The quantitative estimate of drug-likeness (QED) is 0.532. The fourth-order valence-electron chi connectivity index (χ4n) is 4.35. The van der Waals surface area contributed by atoms with Crippen molar-refractivity contribution < 1.29 is 5.11 Å². The van der Waals surface area contributed by atoms with Gasteiger partial charge in [0.1, 0.15) is 17.1 Å². The molecule has 1 aliphatic rings. The van der Waals surface area contributed by atoms with Gasteiger partial charge in [-0.2, -0.15) is 5.10 Å². The zero-order chi connectivity index (χ0) is 21.0. The van der Waals surface area contributed by atoms with E-state index in [1.807, 2.05) is 38.4 Å². The lowest BCUT2D eigenvalue weighted by molar-refractivity contribution is 0.405. The van der Waals surface area contributed by atoms with Gasteiger partial charge in [-0.3, -0.25) is 4.68 Å². The lowest BCUT2D eigenvalue weighted by Crippen LogP contribution is -2.54. The van der Waals surface area contributed by atoms with Gasteiger partial charge in [0.2, 0.25) is 0 Å². The van der Waals surface area contributed by atoms with Gasteiger partial charge in [0.05, 0.1) is 17.4 Å². The fraction of sp³-hybridized carbons (Fsp3) is 0.364. The highest BCUT2D eigenvalue weighted by Crippen LogP contribution is 2.36. The second kappa shape index (κ2) is 6.91. The SMILES string of the molecule is Cc1c(O)c(-c2ccc3nc(N4C[C@@H](C)N[C@H](C)C4)cnc3n2)cc2cn(C)nc12. The number of piperazine rings is 1. The van der Waals surface area contributed by atoms with E-state index >= 15 is 0 Å². The Morgan fingerprint density at radius 2 is 1.90 bits per heavy atom. The number of hydrogen-bond donors (Lipinski definition) is 2. The van der Waals surface area contributed by atoms with Crippen molar-refractivity contribution in [1.82, 2.24) is 30.0 Å². The standard InChI is InChI=1S/C22H25N7O/c1-12-9-29(10-13(2)24-12)19-8-23-22-18(25-19)6-5-17(26-22)16-7-15-11-28(4)27-20(15)14(3)21(16)30/h5-8,11-13,24,30H,9-10H2,1-4H3/t12-,13-/m1/s1. The molecule has 0 unspecified atom stereocenters. The Balaban J connectivity index is 1.55. The second-order valence-corrected chi connectivity index (χ2v) is 8.28. The normalized spacial score (nSPS) is 19.7. The van der Waals surface area contributed by atoms with Gasteiger partial charge in [0.15, 0.2) is 5.65 Å². The molecule has 1 fully saturated rings. The summed E-state index contributed by atoms with van der Waals surface area (Å²) in [6, 6.07) is 6.54. The molecular formula is C22H25N7O. The maximum atomic E-state index is 10.8. The van der Waals surface area contributed by atoms with Crippen molar-refractivity contribution in [3.63, 3.8) is 0 Å². The van der Waals surface area contributed by atoms with E-state index in [9.17, 15) is 5.11 Å². The second-order valence-electron chi connectivity index (χ2n) is 8.28. The molecule has 2 atom stereocenters. The largest absolute Gasteiger partial charge is 0.507 e. The van der Waals surface area contributed by atoms with Crippen molar-refractivity contribution >= 4 is 27.9 Å². The Morgan fingerprint density at radius 1 is 1.13 bits per heavy atom. The summed E-state index contributed by atoms with van der Waals surface area (Å²) in [5, 5.41) is 19.7. The molecule has 8 heteroatoms. The Hall–Kier alpha value is -3.26. The predicted molar refractivity (Wildman–Crippen MR) is 118 cm³/mol. The van der Waals surface area contributed by atoms with Crippen LogP contribution in [-0.4, -0.2) is 55.0 Å². The highest BCUT2D eigenvalue weighted by molar-refractivity contribution is 5.91. The number of benzene rings is 1. The van der Waals surface area contributed by atoms with Crippen LogP contribution in [0.1, 0.15) is 19.4 Å². The zero-order valence-corrected chi connectivity index (χ0v) is 17.6. The van der Waals surface area contributed by atoms with Crippen molar-refractivity contribution in [2.24, 2.45) is 7.05 Å². The van der Waals surface area contributed by atoms with Crippen LogP contribution in [0.2, 0.25) is 0 Å². The Morgan fingerprint density at radius 3 is 2.67 bits per heavy atom. The molecule has 2 N–H and O–H groups in total. The summed E-state index contributed by atoms with van der Waals surface area (Å²) < 4.78 is 1.75. The van der Waals surface area contributed by atoms with Crippen LogP contribution in [0, 0.1) is 6.92 Å². The summed E-state index contributed by atoms with van der Waals surface area (Å²) in [5.41, 5.74) is 4.19. The minimum atomic E-state index is 0.196. The molecule has 1 saturated heterocycles. The first kappa shape index (κ1) is 18.7. The summed E-state index contributed by atoms with van der Waals surface area (Å²) in [5.74, 6) is 1.06. The first-order valence-corrected chi connectivity index (χ1v) is 10.2. The number of aromatic hydroxyl groups is 1. The number of phenols is 1. The van der Waals surface area contributed by atoms with Gasteiger partial charge in [0, 0.05) is 54.9 Å². The van der Waals surface area contributed by atoms with Crippen LogP contribution < -0.4 is 10.2 Å². The number of rotatable bonds is 2. The van der Waals surface area contributed by atoms with Gasteiger partial charge in [-0.1, -0.05) is 0 Å². The molecular weight excluding hydrogens is 378 g/mol. The van der Waals surface area contributed by atoms with Crippen LogP contribution >= 0.6 is 0 Å². The number of aromatic nitrogens is 5.